The summed E-state index contributed by atoms with van der Waals surface area (Å²) >= 11 is 0. The van der Waals surface area contributed by atoms with Crippen LogP contribution in [0.2, 0.25) is 0 Å². The van der Waals surface area contributed by atoms with Crippen LogP contribution >= 0.6 is 7.82 Å². The molecule has 0 saturated heterocycles. The van der Waals surface area contributed by atoms with Gasteiger partial charge in [-0.1, -0.05) is 0 Å². The smallest absolute Gasteiger partial charge is 0.387 e. The fourth-order valence-electron chi connectivity index (χ4n) is 1.54. The molecule has 6 atom stereocenters. The fourth-order valence-corrected chi connectivity index (χ4v) is 2.14. The van der Waals surface area contributed by atoms with E-state index < -0.39 is 44.1 Å². The Morgan fingerprint density at radius 1 is 0.882 bits per heavy atom. The van der Waals surface area contributed by atoms with Crippen molar-refractivity contribution in [3.63, 3.8) is 0 Å². The van der Waals surface area contributed by atoms with Crippen molar-refractivity contribution in [2.45, 2.75) is 36.3 Å². The number of phosphoric acid groups is 1. The number of hydrogen-bond acceptors (Lipinski definition) is 8. The first-order valence-electron chi connectivity index (χ1n) is 4.39. The van der Waals surface area contributed by atoms with Gasteiger partial charge in [0.1, 0.15) is 30.5 Å². The molecule has 0 spiro atoms. The summed E-state index contributed by atoms with van der Waals surface area (Å²) in [5, 5.41) is 55.7. The molecular formula is C6H13O10P. The number of aliphatic hydroxyl groups excluding tert-OH is 5. The monoisotopic (exact) mass is 276 g/mol. The molecule has 17 heavy (non-hydrogen) atoms. The van der Waals surface area contributed by atoms with Gasteiger partial charge in [-0.2, -0.15) is 0 Å². The second-order valence-corrected chi connectivity index (χ2v) is 4.86. The molecule has 1 rings (SSSR count). The third kappa shape index (κ3) is 2.66. The van der Waals surface area contributed by atoms with Gasteiger partial charge in [0.25, 0.3) is 0 Å². The van der Waals surface area contributed by atoms with Crippen LogP contribution in [0.25, 0.3) is 0 Å². The quantitative estimate of drug-likeness (QED) is 0.180. The maximum atomic E-state index is 10.6. The Balaban J connectivity index is 3.08. The maximum Gasteiger partial charge on any atom is 0.472 e. The van der Waals surface area contributed by atoms with E-state index in [-0.39, 0.29) is 0 Å². The van der Waals surface area contributed by atoms with Crippen LogP contribution < -0.4 is 0 Å². The first kappa shape index (κ1) is 14.9. The van der Waals surface area contributed by atoms with E-state index in [2.05, 4.69) is 4.52 Å². The average Bonchev–Trinajstić information content (AvgIpc) is 2.19. The summed E-state index contributed by atoms with van der Waals surface area (Å²) in [6, 6.07) is 0. The molecule has 1 aliphatic rings. The number of rotatable bonds is 2. The van der Waals surface area contributed by atoms with Crippen LogP contribution in [0.15, 0.2) is 0 Å². The van der Waals surface area contributed by atoms with Gasteiger partial charge in [0.05, 0.1) is 0 Å². The minimum atomic E-state index is -5.32. The highest BCUT2D eigenvalue weighted by Gasteiger charge is 2.61. The van der Waals surface area contributed by atoms with E-state index in [4.69, 9.17) is 14.9 Å². The Hall–Kier alpha value is -0.130. The zero-order valence-electron chi connectivity index (χ0n) is 8.23. The normalized spacial score (nSPS) is 48.1. The molecule has 0 aromatic carbocycles. The fraction of sp³-hybridized carbons (Fsp3) is 1.00. The lowest BCUT2D eigenvalue weighted by Gasteiger charge is -2.46. The first-order valence-corrected chi connectivity index (χ1v) is 5.92. The van der Waals surface area contributed by atoms with Crippen molar-refractivity contribution in [3.05, 3.63) is 0 Å². The number of hydrogen-bond donors (Lipinski definition) is 8. The molecule has 102 valence electrons. The van der Waals surface area contributed by atoms with Gasteiger partial charge in [-0.15, -0.1) is 0 Å². The molecule has 1 fully saturated rings. The highest BCUT2D eigenvalue weighted by Crippen LogP contribution is 2.45. The molecule has 10 nitrogen and oxygen atoms in total. The summed E-state index contributed by atoms with van der Waals surface area (Å²) in [4.78, 5) is 17.0. The average molecular weight is 276 g/mol. The predicted octanol–water partition coefficient (Wildman–Crippen LogP) is -4.40. The van der Waals surface area contributed by atoms with E-state index in [0.29, 0.717) is 0 Å². The van der Waals surface area contributed by atoms with Gasteiger partial charge in [0.2, 0.25) is 5.79 Å². The third-order valence-corrected chi connectivity index (χ3v) is 2.99. The molecule has 0 amide bonds. The zero-order chi connectivity index (χ0) is 13.6. The summed E-state index contributed by atoms with van der Waals surface area (Å²) in [5.74, 6) is -3.31. The van der Waals surface area contributed by atoms with E-state index >= 15 is 0 Å². The van der Waals surface area contributed by atoms with Crippen molar-refractivity contribution in [2.75, 3.05) is 0 Å². The van der Waals surface area contributed by atoms with Crippen molar-refractivity contribution >= 4 is 7.82 Å². The summed E-state index contributed by atoms with van der Waals surface area (Å²) in [6.07, 6.45) is -11.2. The maximum absolute atomic E-state index is 10.6. The van der Waals surface area contributed by atoms with E-state index in [9.17, 15) is 30.1 Å². The van der Waals surface area contributed by atoms with E-state index in [1.165, 1.54) is 0 Å². The second-order valence-electron chi connectivity index (χ2n) is 3.70. The highest BCUT2D eigenvalue weighted by atomic mass is 31.2. The van der Waals surface area contributed by atoms with Gasteiger partial charge in [0.15, 0.2) is 0 Å². The molecule has 0 heterocycles. The van der Waals surface area contributed by atoms with Crippen LogP contribution in [0, 0.1) is 0 Å². The van der Waals surface area contributed by atoms with E-state index in [0.717, 1.165) is 0 Å². The van der Waals surface area contributed by atoms with Crippen molar-refractivity contribution in [2.24, 2.45) is 0 Å². The lowest BCUT2D eigenvalue weighted by atomic mass is 9.82. The van der Waals surface area contributed by atoms with Crippen LogP contribution in [-0.2, 0) is 9.09 Å². The van der Waals surface area contributed by atoms with Gasteiger partial charge >= 0.3 is 7.82 Å². The highest BCUT2D eigenvalue weighted by molar-refractivity contribution is 7.46. The second kappa shape index (κ2) is 4.52. The van der Waals surface area contributed by atoms with Gasteiger partial charge in [-0.05, 0) is 0 Å². The molecule has 0 aliphatic heterocycles. The van der Waals surface area contributed by atoms with Crippen LogP contribution in [0.4, 0.5) is 0 Å². The van der Waals surface area contributed by atoms with Crippen molar-refractivity contribution in [1.29, 1.82) is 0 Å². The first-order chi connectivity index (χ1) is 7.50. The minimum Gasteiger partial charge on any atom is -0.387 e. The topological polar surface area (TPSA) is 188 Å². The van der Waals surface area contributed by atoms with Crippen LogP contribution in [0.3, 0.4) is 0 Å². The van der Waals surface area contributed by atoms with Crippen LogP contribution in [-0.4, -0.2) is 76.7 Å². The van der Waals surface area contributed by atoms with Crippen molar-refractivity contribution in [1.82, 2.24) is 0 Å². The van der Waals surface area contributed by atoms with Gasteiger partial charge < -0.3 is 40.4 Å². The lowest BCUT2D eigenvalue weighted by Crippen LogP contribution is -2.71. The summed E-state index contributed by atoms with van der Waals surface area (Å²) in [6.45, 7) is 0. The Morgan fingerprint density at radius 3 is 1.53 bits per heavy atom. The minimum absolute atomic E-state index is 2.01. The summed E-state index contributed by atoms with van der Waals surface area (Å²) < 4.78 is 14.3. The van der Waals surface area contributed by atoms with Crippen LogP contribution in [0.1, 0.15) is 0 Å². The lowest BCUT2D eigenvalue weighted by molar-refractivity contribution is -0.336. The van der Waals surface area contributed by atoms with E-state index in [1.807, 2.05) is 0 Å². The Kier molecular flexibility index (Phi) is 3.97. The van der Waals surface area contributed by atoms with Crippen molar-refractivity contribution < 1.29 is 49.5 Å². The van der Waals surface area contributed by atoms with Gasteiger partial charge in [-0.3, -0.25) is 0 Å². The molecule has 1 saturated carbocycles. The van der Waals surface area contributed by atoms with Gasteiger partial charge in [-0.25, -0.2) is 9.09 Å². The molecule has 1 aliphatic carbocycles. The molecule has 11 heteroatoms. The molecule has 0 radical (unpaired) electrons. The number of phosphoric ester groups is 1. The molecule has 8 N–H and O–H groups in total. The zero-order valence-corrected chi connectivity index (χ0v) is 9.12. The molecule has 0 bridgehead atoms. The largest absolute Gasteiger partial charge is 0.472 e. The molecule has 0 unspecified atom stereocenters. The summed E-state index contributed by atoms with van der Waals surface area (Å²) in [5.41, 5.74) is 0. The Bertz CT molecular complexity index is 311. The molecule has 0 aromatic heterocycles. The number of aliphatic hydroxyl groups is 6. The summed E-state index contributed by atoms with van der Waals surface area (Å²) in [7, 11) is -5.32. The molecular weight excluding hydrogens is 263 g/mol. The third-order valence-electron chi connectivity index (χ3n) is 2.46. The Labute approximate surface area is 94.6 Å². The Morgan fingerprint density at radius 2 is 1.24 bits per heavy atom. The SMILES string of the molecule is O=P(O)(O)O[C@]1(O)[C@H](O)[C@@H](O)[C@H](O)[C@H](O)[C@@H]1O. The standard InChI is InChI=1S/C6H13O10P/c7-1-2(8)4(10)6(12,5(11)3(1)9)16-17(13,14)15/h1-5,7-12H,(H2,13,14,15)/t1-,2-,3-,4+,5-,6+/m0/s1. The van der Waals surface area contributed by atoms with E-state index in [1.54, 1.807) is 0 Å². The van der Waals surface area contributed by atoms with Crippen molar-refractivity contribution in [3.8, 4) is 0 Å². The van der Waals surface area contributed by atoms with Crippen LogP contribution in [0.5, 0.6) is 0 Å². The molecule has 0 aromatic rings. The predicted molar refractivity (Wildman–Crippen MR) is 48.1 cm³/mol. The van der Waals surface area contributed by atoms with Gasteiger partial charge in [0, 0.05) is 0 Å².